The van der Waals surface area contributed by atoms with E-state index in [2.05, 4.69) is 17.6 Å². The Morgan fingerprint density at radius 3 is 2.50 bits per heavy atom. The molecule has 0 spiro atoms. The highest BCUT2D eigenvalue weighted by Crippen LogP contribution is 2.25. The third-order valence-electron chi connectivity index (χ3n) is 2.16. The Kier molecular flexibility index (Phi) is 2.14. The van der Waals surface area contributed by atoms with Crippen molar-refractivity contribution in [2.75, 3.05) is 7.05 Å². The second-order valence-corrected chi connectivity index (χ2v) is 2.88. The Bertz CT molecular complexity index is 136. The Morgan fingerprint density at radius 2 is 2.20 bits per heavy atom. The smallest absolute Gasteiger partial charge is 0.314 e. The minimum Gasteiger partial charge on any atom is -0.341 e. The van der Waals surface area contributed by atoms with Gasteiger partial charge in [0.05, 0.1) is 0 Å². The second kappa shape index (κ2) is 2.90. The highest BCUT2D eigenvalue weighted by atomic mass is 16.2. The van der Waals surface area contributed by atoms with Gasteiger partial charge in [-0.05, 0) is 18.8 Å². The van der Waals surface area contributed by atoms with Gasteiger partial charge in [-0.3, -0.25) is 0 Å². The summed E-state index contributed by atoms with van der Waals surface area (Å²) < 4.78 is 0. The van der Waals surface area contributed by atoms with E-state index >= 15 is 0 Å². The minimum atomic E-state index is -0.0588. The van der Waals surface area contributed by atoms with Gasteiger partial charge in [0.2, 0.25) is 0 Å². The standard InChI is InChI=1S/C7H14N2O/c1-5-3-4-6(5)9-7(10)8-2/h5-6H,3-4H2,1-2H3,(H2,8,9,10). The molecule has 2 atom stereocenters. The second-order valence-electron chi connectivity index (χ2n) is 2.88. The van der Waals surface area contributed by atoms with Crippen molar-refractivity contribution in [2.45, 2.75) is 25.8 Å². The maximum Gasteiger partial charge on any atom is 0.314 e. The predicted octanol–water partition coefficient (Wildman–Crippen LogP) is 0.714. The molecule has 1 saturated carbocycles. The van der Waals surface area contributed by atoms with Crippen LogP contribution in [0.3, 0.4) is 0 Å². The molecule has 2 unspecified atom stereocenters. The van der Waals surface area contributed by atoms with Crippen molar-refractivity contribution in [3.05, 3.63) is 0 Å². The molecular formula is C7H14N2O. The first kappa shape index (κ1) is 7.38. The molecule has 2 N–H and O–H groups in total. The van der Waals surface area contributed by atoms with E-state index < -0.39 is 0 Å². The molecule has 1 fully saturated rings. The molecule has 1 aliphatic rings. The lowest BCUT2D eigenvalue weighted by Crippen LogP contribution is -2.48. The van der Waals surface area contributed by atoms with Crippen LogP contribution in [-0.4, -0.2) is 19.1 Å². The zero-order chi connectivity index (χ0) is 7.56. The van der Waals surface area contributed by atoms with Crippen LogP contribution in [0.25, 0.3) is 0 Å². The minimum absolute atomic E-state index is 0.0588. The molecule has 0 radical (unpaired) electrons. The van der Waals surface area contributed by atoms with Crippen molar-refractivity contribution >= 4 is 6.03 Å². The van der Waals surface area contributed by atoms with E-state index in [0.717, 1.165) is 6.42 Å². The molecule has 0 aromatic rings. The number of rotatable bonds is 1. The van der Waals surface area contributed by atoms with Gasteiger partial charge >= 0.3 is 6.03 Å². The topological polar surface area (TPSA) is 41.1 Å². The summed E-state index contributed by atoms with van der Waals surface area (Å²) in [5.74, 6) is 0.664. The fraction of sp³-hybridized carbons (Fsp3) is 0.857. The Hall–Kier alpha value is -0.730. The van der Waals surface area contributed by atoms with Gasteiger partial charge in [0.25, 0.3) is 0 Å². The summed E-state index contributed by atoms with van der Waals surface area (Å²) in [5.41, 5.74) is 0. The van der Waals surface area contributed by atoms with Crippen molar-refractivity contribution in [3.63, 3.8) is 0 Å². The quantitative estimate of drug-likeness (QED) is 0.556. The normalized spacial score (nSPS) is 30.6. The van der Waals surface area contributed by atoms with E-state index in [4.69, 9.17) is 0 Å². The summed E-state index contributed by atoms with van der Waals surface area (Å²) in [5, 5.41) is 5.40. The molecule has 0 heterocycles. The molecule has 2 amide bonds. The average Bonchev–Trinajstić information content (AvgIpc) is 1.96. The molecule has 0 saturated heterocycles. The van der Waals surface area contributed by atoms with Gasteiger partial charge in [-0.25, -0.2) is 4.79 Å². The Balaban J connectivity index is 2.19. The molecule has 3 nitrogen and oxygen atoms in total. The third kappa shape index (κ3) is 1.40. The van der Waals surface area contributed by atoms with Crippen LogP contribution in [0, 0.1) is 5.92 Å². The first-order valence-electron chi connectivity index (χ1n) is 3.72. The zero-order valence-electron chi connectivity index (χ0n) is 6.48. The number of carbonyl (C=O) groups is 1. The molecule has 1 aliphatic carbocycles. The van der Waals surface area contributed by atoms with Crippen molar-refractivity contribution in [2.24, 2.45) is 5.92 Å². The largest absolute Gasteiger partial charge is 0.341 e. The van der Waals surface area contributed by atoms with Gasteiger partial charge in [0, 0.05) is 13.1 Å². The number of hydrogen-bond acceptors (Lipinski definition) is 1. The lowest BCUT2D eigenvalue weighted by atomic mass is 9.81. The van der Waals surface area contributed by atoms with Crippen LogP contribution in [0.4, 0.5) is 4.79 Å². The SMILES string of the molecule is CNC(=O)NC1CCC1C. The fourth-order valence-electron chi connectivity index (χ4n) is 1.12. The first-order chi connectivity index (χ1) is 4.74. The Labute approximate surface area is 61.2 Å². The third-order valence-corrected chi connectivity index (χ3v) is 2.16. The van der Waals surface area contributed by atoms with E-state index in [1.807, 2.05) is 0 Å². The van der Waals surface area contributed by atoms with E-state index in [1.165, 1.54) is 6.42 Å². The van der Waals surface area contributed by atoms with Gasteiger partial charge in [0.1, 0.15) is 0 Å². The van der Waals surface area contributed by atoms with Crippen LogP contribution < -0.4 is 10.6 Å². The summed E-state index contributed by atoms with van der Waals surface area (Å²) in [6, 6.07) is 0.358. The molecule has 1 rings (SSSR count). The predicted molar refractivity (Wildman–Crippen MR) is 39.8 cm³/mol. The van der Waals surface area contributed by atoms with Crippen molar-refractivity contribution in [1.82, 2.24) is 10.6 Å². The number of hydrogen-bond donors (Lipinski definition) is 2. The molecule has 0 aromatic heterocycles. The van der Waals surface area contributed by atoms with Gasteiger partial charge in [-0.2, -0.15) is 0 Å². The van der Waals surface area contributed by atoms with Crippen LogP contribution in [0.1, 0.15) is 19.8 Å². The van der Waals surface area contributed by atoms with Gasteiger partial charge in [0.15, 0.2) is 0 Å². The molecule has 0 aromatic carbocycles. The molecular weight excluding hydrogens is 128 g/mol. The monoisotopic (exact) mass is 142 g/mol. The summed E-state index contributed by atoms with van der Waals surface area (Å²) in [7, 11) is 1.64. The number of carbonyl (C=O) groups excluding carboxylic acids is 1. The summed E-state index contributed by atoms with van der Waals surface area (Å²) in [6.45, 7) is 2.16. The van der Waals surface area contributed by atoms with Gasteiger partial charge < -0.3 is 10.6 Å². The molecule has 0 aliphatic heterocycles. The molecule has 3 heteroatoms. The van der Waals surface area contributed by atoms with E-state index in [-0.39, 0.29) is 6.03 Å². The Morgan fingerprint density at radius 1 is 1.50 bits per heavy atom. The van der Waals surface area contributed by atoms with Gasteiger partial charge in [-0.1, -0.05) is 6.92 Å². The lowest BCUT2D eigenvalue weighted by molar-refractivity contribution is 0.205. The maximum absolute atomic E-state index is 10.7. The summed E-state index contributed by atoms with van der Waals surface area (Å²) in [4.78, 5) is 10.7. The van der Waals surface area contributed by atoms with Crippen LogP contribution >= 0.6 is 0 Å². The van der Waals surface area contributed by atoms with Crippen LogP contribution in [0.5, 0.6) is 0 Å². The zero-order valence-corrected chi connectivity index (χ0v) is 6.48. The van der Waals surface area contributed by atoms with Crippen molar-refractivity contribution < 1.29 is 4.79 Å². The lowest BCUT2D eigenvalue weighted by Gasteiger charge is -2.34. The molecule has 10 heavy (non-hydrogen) atoms. The van der Waals surface area contributed by atoms with Gasteiger partial charge in [-0.15, -0.1) is 0 Å². The average molecular weight is 142 g/mol. The molecule has 58 valence electrons. The van der Waals surface area contributed by atoms with Crippen LogP contribution in [0.2, 0.25) is 0 Å². The summed E-state index contributed by atoms with van der Waals surface area (Å²) in [6.07, 6.45) is 2.38. The maximum atomic E-state index is 10.7. The van der Waals surface area contributed by atoms with E-state index in [0.29, 0.717) is 12.0 Å². The number of nitrogens with one attached hydrogen (secondary N) is 2. The van der Waals surface area contributed by atoms with Crippen molar-refractivity contribution in [1.29, 1.82) is 0 Å². The number of urea groups is 1. The molecule has 0 bridgehead atoms. The highest BCUT2D eigenvalue weighted by Gasteiger charge is 2.27. The van der Waals surface area contributed by atoms with Crippen molar-refractivity contribution in [3.8, 4) is 0 Å². The fourth-order valence-corrected chi connectivity index (χ4v) is 1.12. The highest BCUT2D eigenvalue weighted by molar-refractivity contribution is 5.73. The van der Waals surface area contributed by atoms with Crippen LogP contribution in [0.15, 0.2) is 0 Å². The first-order valence-corrected chi connectivity index (χ1v) is 3.72. The number of amides is 2. The summed E-state index contributed by atoms with van der Waals surface area (Å²) >= 11 is 0. The van der Waals surface area contributed by atoms with E-state index in [1.54, 1.807) is 7.05 Å². The van der Waals surface area contributed by atoms with Crippen LogP contribution in [-0.2, 0) is 0 Å². The van der Waals surface area contributed by atoms with E-state index in [9.17, 15) is 4.79 Å².